The zero-order valence-corrected chi connectivity index (χ0v) is 20.6. The SMILES string of the molecule is CCC(=O)N1CCC(Oc2cc(C(=O)N3CCC(N4CCc5ccccc5C4)CC3)ncn2)CC1. The number of nitrogens with zero attached hydrogens (tertiary/aromatic N) is 5. The number of piperidine rings is 2. The van der Waals surface area contributed by atoms with Crippen LogP contribution in [0, 0.1) is 0 Å². The number of carbonyl (C=O) groups is 2. The molecule has 0 radical (unpaired) electrons. The summed E-state index contributed by atoms with van der Waals surface area (Å²) in [7, 11) is 0. The van der Waals surface area contributed by atoms with Gasteiger partial charge >= 0.3 is 0 Å². The molecular weight excluding hydrogens is 442 g/mol. The lowest BCUT2D eigenvalue weighted by molar-refractivity contribution is -0.132. The maximum Gasteiger partial charge on any atom is 0.272 e. The summed E-state index contributed by atoms with van der Waals surface area (Å²) in [5, 5.41) is 0. The van der Waals surface area contributed by atoms with Crippen LogP contribution in [-0.2, 0) is 17.8 Å². The topological polar surface area (TPSA) is 78.9 Å². The Labute approximate surface area is 207 Å². The number of amides is 2. The smallest absolute Gasteiger partial charge is 0.272 e. The molecule has 2 saturated heterocycles. The molecule has 0 N–H and O–H groups in total. The third kappa shape index (κ3) is 5.48. The number of aromatic nitrogens is 2. The van der Waals surface area contributed by atoms with Crippen LogP contribution in [-0.4, -0.2) is 81.4 Å². The first-order valence-electron chi connectivity index (χ1n) is 13.0. The van der Waals surface area contributed by atoms with Crippen LogP contribution < -0.4 is 4.74 Å². The van der Waals surface area contributed by atoms with Gasteiger partial charge in [0.05, 0.1) is 0 Å². The molecule has 0 aliphatic carbocycles. The van der Waals surface area contributed by atoms with E-state index in [9.17, 15) is 9.59 Å². The summed E-state index contributed by atoms with van der Waals surface area (Å²) >= 11 is 0. The van der Waals surface area contributed by atoms with Crippen molar-refractivity contribution in [3.05, 3.63) is 53.5 Å². The second-order valence-corrected chi connectivity index (χ2v) is 9.81. The molecule has 5 rings (SSSR count). The van der Waals surface area contributed by atoms with E-state index in [1.165, 1.54) is 17.5 Å². The molecule has 1 aromatic carbocycles. The number of hydrogen-bond donors (Lipinski definition) is 0. The van der Waals surface area contributed by atoms with E-state index in [0.29, 0.717) is 37.1 Å². The van der Waals surface area contributed by atoms with Crippen molar-refractivity contribution in [1.82, 2.24) is 24.7 Å². The maximum atomic E-state index is 13.2. The van der Waals surface area contributed by atoms with Crippen LogP contribution >= 0.6 is 0 Å². The molecule has 4 heterocycles. The highest BCUT2D eigenvalue weighted by atomic mass is 16.5. The van der Waals surface area contributed by atoms with Crippen molar-refractivity contribution < 1.29 is 14.3 Å². The van der Waals surface area contributed by atoms with Gasteiger partial charge in [-0.2, -0.15) is 0 Å². The van der Waals surface area contributed by atoms with Crippen LogP contribution in [0.4, 0.5) is 0 Å². The quantitative estimate of drug-likeness (QED) is 0.659. The van der Waals surface area contributed by atoms with Crippen molar-refractivity contribution >= 4 is 11.8 Å². The molecule has 186 valence electrons. The number of ether oxygens (including phenoxy) is 1. The molecule has 0 unspecified atom stereocenters. The minimum atomic E-state index is -0.0527. The summed E-state index contributed by atoms with van der Waals surface area (Å²) in [6.45, 7) is 6.87. The molecule has 2 aromatic rings. The highest BCUT2D eigenvalue weighted by Gasteiger charge is 2.30. The van der Waals surface area contributed by atoms with Gasteiger partial charge in [0.2, 0.25) is 11.8 Å². The molecule has 35 heavy (non-hydrogen) atoms. The Morgan fingerprint density at radius 3 is 2.40 bits per heavy atom. The minimum absolute atomic E-state index is 0.000763. The van der Waals surface area contributed by atoms with E-state index in [-0.39, 0.29) is 17.9 Å². The van der Waals surface area contributed by atoms with Gasteiger partial charge in [-0.1, -0.05) is 31.2 Å². The van der Waals surface area contributed by atoms with E-state index in [2.05, 4.69) is 39.1 Å². The lowest BCUT2D eigenvalue weighted by atomic mass is 9.95. The number of likely N-dealkylation sites (tertiary alicyclic amines) is 2. The number of fused-ring (bicyclic) bond motifs is 1. The third-order valence-corrected chi connectivity index (χ3v) is 7.67. The van der Waals surface area contributed by atoms with Gasteiger partial charge in [-0.3, -0.25) is 14.5 Å². The standard InChI is InChI=1S/C27H35N5O3/c1-2-26(33)30-15-10-23(11-16-30)35-25-17-24(28-19-29-25)27(34)31-13-8-22(9-14-31)32-12-7-20-5-3-4-6-21(20)18-32/h3-6,17,19,22-23H,2,7-16,18H2,1H3. The molecule has 2 amide bonds. The third-order valence-electron chi connectivity index (χ3n) is 7.67. The fourth-order valence-electron chi connectivity index (χ4n) is 5.56. The van der Waals surface area contributed by atoms with Gasteiger partial charge in [0, 0.05) is 70.6 Å². The minimum Gasteiger partial charge on any atom is -0.474 e. The monoisotopic (exact) mass is 477 g/mol. The van der Waals surface area contributed by atoms with Gasteiger partial charge in [-0.15, -0.1) is 0 Å². The Hall–Kier alpha value is -3.00. The van der Waals surface area contributed by atoms with E-state index in [4.69, 9.17) is 4.74 Å². The van der Waals surface area contributed by atoms with Crippen molar-refractivity contribution in [3.8, 4) is 5.88 Å². The van der Waals surface area contributed by atoms with Crippen molar-refractivity contribution in [2.75, 3.05) is 32.7 Å². The molecule has 3 aliphatic rings. The van der Waals surface area contributed by atoms with Crippen molar-refractivity contribution in [2.24, 2.45) is 0 Å². The van der Waals surface area contributed by atoms with E-state index < -0.39 is 0 Å². The van der Waals surface area contributed by atoms with E-state index in [1.54, 1.807) is 6.07 Å². The molecular formula is C27H35N5O3. The number of carbonyl (C=O) groups excluding carboxylic acids is 2. The second kappa shape index (κ2) is 10.7. The molecule has 0 atom stereocenters. The average Bonchev–Trinajstić information content (AvgIpc) is 2.92. The van der Waals surface area contributed by atoms with Crippen LogP contribution in [0.3, 0.4) is 0 Å². The van der Waals surface area contributed by atoms with Crippen molar-refractivity contribution in [1.29, 1.82) is 0 Å². The molecule has 2 fully saturated rings. The zero-order valence-electron chi connectivity index (χ0n) is 20.6. The first-order chi connectivity index (χ1) is 17.1. The fraction of sp³-hybridized carbons (Fsp3) is 0.556. The normalized spacial score (nSPS) is 19.9. The molecule has 3 aliphatic heterocycles. The van der Waals surface area contributed by atoms with Gasteiger partial charge < -0.3 is 14.5 Å². The van der Waals surface area contributed by atoms with Gasteiger partial charge in [-0.05, 0) is 30.4 Å². The molecule has 8 nitrogen and oxygen atoms in total. The Balaban J connectivity index is 1.13. The molecule has 0 spiro atoms. The van der Waals surface area contributed by atoms with Crippen LogP contribution in [0.15, 0.2) is 36.7 Å². The Kier molecular flexibility index (Phi) is 7.27. The molecule has 8 heteroatoms. The van der Waals surface area contributed by atoms with Gasteiger partial charge in [0.15, 0.2) is 0 Å². The largest absolute Gasteiger partial charge is 0.474 e. The summed E-state index contributed by atoms with van der Waals surface area (Å²) in [6.07, 6.45) is 6.56. The maximum absolute atomic E-state index is 13.2. The fourth-order valence-corrected chi connectivity index (χ4v) is 5.56. The average molecular weight is 478 g/mol. The number of rotatable bonds is 5. The summed E-state index contributed by atoms with van der Waals surface area (Å²) < 4.78 is 6.05. The van der Waals surface area contributed by atoms with Crippen LogP contribution in [0.1, 0.15) is 60.6 Å². The van der Waals surface area contributed by atoms with Gasteiger partial charge in [0.25, 0.3) is 5.91 Å². The van der Waals surface area contributed by atoms with E-state index in [1.807, 2.05) is 16.7 Å². The first kappa shape index (κ1) is 23.7. The van der Waals surface area contributed by atoms with Crippen LogP contribution in [0.2, 0.25) is 0 Å². The second-order valence-electron chi connectivity index (χ2n) is 9.81. The van der Waals surface area contributed by atoms with Crippen LogP contribution in [0.25, 0.3) is 0 Å². The lowest BCUT2D eigenvalue weighted by Gasteiger charge is -2.40. The molecule has 0 saturated carbocycles. The Morgan fingerprint density at radius 2 is 1.66 bits per heavy atom. The molecule has 0 bridgehead atoms. The zero-order chi connectivity index (χ0) is 24.2. The highest BCUT2D eigenvalue weighted by molar-refractivity contribution is 5.92. The lowest BCUT2D eigenvalue weighted by Crippen LogP contribution is -2.48. The highest BCUT2D eigenvalue weighted by Crippen LogP contribution is 2.26. The number of benzene rings is 1. The van der Waals surface area contributed by atoms with Crippen molar-refractivity contribution in [2.45, 2.75) is 64.1 Å². The van der Waals surface area contributed by atoms with Crippen LogP contribution in [0.5, 0.6) is 5.88 Å². The Bertz CT molecular complexity index is 1040. The predicted molar refractivity (Wildman–Crippen MR) is 132 cm³/mol. The number of hydrogen-bond acceptors (Lipinski definition) is 6. The summed E-state index contributed by atoms with van der Waals surface area (Å²) in [6, 6.07) is 10.9. The Morgan fingerprint density at radius 1 is 0.943 bits per heavy atom. The first-order valence-corrected chi connectivity index (χ1v) is 13.0. The van der Waals surface area contributed by atoms with Crippen molar-refractivity contribution in [3.63, 3.8) is 0 Å². The predicted octanol–water partition coefficient (Wildman–Crippen LogP) is 2.92. The van der Waals surface area contributed by atoms with Gasteiger partial charge in [0.1, 0.15) is 18.1 Å². The summed E-state index contributed by atoms with van der Waals surface area (Å²) in [5.41, 5.74) is 3.30. The van der Waals surface area contributed by atoms with Gasteiger partial charge in [-0.25, -0.2) is 9.97 Å². The summed E-state index contributed by atoms with van der Waals surface area (Å²) in [5.74, 6) is 0.570. The molecule has 1 aromatic heterocycles. The summed E-state index contributed by atoms with van der Waals surface area (Å²) in [4.78, 5) is 39.9. The van der Waals surface area contributed by atoms with E-state index in [0.717, 1.165) is 58.3 Å². The van der Waals surface area contributed by atoms with E-state index >= 15 is 0 Å².